The lowest BCUT2D eigenvalue weighted by Crippen LogP contribution is -2.32. The van der Waals surface area contributed by atoms with E-state index < -0.39 is 10.0 Å². The van der Waals surface area contributed by atoms with Gasteiger partial charge in [-0.15, -0.1) is 12.4 Å². The van der Waals surface area contributed by atoms with Crippen LogP contribution in [0.1, 0.15) is 30.1 Å². The van der Waals surface area contributed by atoms with Gasteiger partial charge in [-0.25, -0.2) is 13.1 Å². The zero-order valence-electron chi connectivity index (χ0n) is 13.8. The molecule has 9 heteroatoms. The maximum atomic E-state index is 12.4. The SMILES string of the molecule is CCNCCNC(=O)c1ccc(OC)c(S(=O)(=O)NC2CC2)c1.Cl. The number of ether oxygens (including phenoxy) is 1. The largest absolute Gasteiger partial charge is 0.495 e. The number of halogens is 1. The van der Waals surface area contributed by atoms with Crippen LogP contribution in [0, 0.1) is 0 Å². The number of nitrogens with one attached hydrogen (secondary N) is 3. The molecule has 1 aliphatic carbocycles. The van der Waals surface area contributed by atoms with E-state index in [1.165, 1.54) is 19.2 Å². The minimum Gasteiger partial charge on any atom is -0.495 e. The van der Waals surface area contributed by atoms with E-state index >= 15 is 0 Å². The van der Waals surface area contributed by atoms with Crippen molar-refractivity contribution in [2.24, 2.45) is 0 Å². The Morgan fingerprint density at radius 1 is 1.29 bits per heavy atom. The van der Waals surface area contributed by atoms with Gasteiger partial charge in [0.2, 0.25) is 10.0 Å². The van der Waals surface area contributed by atoms with Gasteiger partial charge in [-0.1, -0.05) is 6.92 Å². The van der Waals surface area contributed by atoms with Gasteiger partial charge >= 0.3 is 0 Å². The zero-order valence-corrected chi connectivity index (χ0v) is 15.4. The Hall–Kier alpha value is -1.35. The number of likely N-dealkylation sites (N-methyl/N-ethyl adjacent to an activating group) is 1. The summed E-state index contributed by atoms with van der Waals surface area (Å²) in [6.45, 7) is 3.94. The number of amides is 1. The Morgan fingerprint density at radius 3 is 2.58 bits per heavy atom. The second-order valence-corrected chi connectivity index (χ2v) is 7.05. The molecule has 7 nitrogen and oxygen atoms in total. The molecule has 3 N–H and O–H groups in total. The Kier molecular flexibility index (Phi) is 7.95. The van der Waals surface area contributed by atoms with Gasteiger partial charge in [0.25, 0.3) is 5.91 Å². The molecule has 0 aromatic heterocycles. The molecule has 0 saturated heterocycles. The molecule has 1 fully saturated rings. The lowest BCUT2D eigenvalue weighted by Gasteiger charge is -2.12. The number of hydrogen-bond acceptors (Lipinski definition) is 5. The predicted octanol–water partition coefficient (Wildman–Crippen LogP) is 0.897. The van der Waals surface area contributed by atoms with E-state index in [1.807, 2.05) is 6.92 Å². The number of carbonyl (C=O) groups excluding carboxylic acids is 1. The molecule has 1 saturated carbocycles. The molecular weight excluding hydrogens is 354 g/mol. The van der Waals surface area contributed by atoms with Gasteiger partial charge in [-0.3, -0.25) is 4.79 Å². The minimum absolute atomic E-state index is 0. The van der Waals surface area contributed by atoms with Crippen LogP contribution in [0.2, 0.25) is 0 Å². The fraction of sp³-hybridized carbons (Fsp3) is 0.533. The first-order chi connectivity index (χ1) is 11.0. The summed E-state index contributed by atoms with van der Waals surface area (Å²) in [6, 6.07) is 4.40. The molecule has 0 radical (unpaired) electrons. The Labute approximate surface area is 149 Å². The van der Waals surface area contributed by atoms with Crippen molar-refractivity contribution in [2.75, 3.05) is 26.7 Å². The number of sulfonamides is 1. The Bertz CT molecular complexity index is 663. The van der Waals surface area contributed by atoms with Crippen molar-refractivity contribution in [2.45, 2.75) is 30.7 Å². The Morgan fingerprint density at radius 2 is 2.00 bits per heavy atom. The first-order valence-electron chi connectivity index (χ1n) is 7.67. The highest BCUT2D eigenvalue weighted by Crippen LogP contribution is 2.28. The van der Waals surface area contributed by atoms with Crippen LogP contribution < -0.4 is 20.1 Å². The van der Waals surface area contributed by atoms with E-state index in [0.29, 0.717) is 18.7 Å². The Balaban J connectivity index is 0.00000288. The average molecular weight is 378 g/mol. The summed E-state index contributed by atoms with van der Waals surface area (Å²) in [7, 11) is -2.29. The van der Waals surface area contributed by atoms with Crippen molar-refractivity contribution < 1.29 is 17.9 Å². The monoisotopic (exact) mass is 377 g/mol. The molecule has 1 aromatic carbocycles. The lowest BCUT2D eigenvalue weighted by atomic mass is 10.2. The van der Waals surface area contributed by atoms with Gasteiger partial charge in [0.1, 0.15) is 10.6 Å². The highest BCUT2D eigenvalue weighted by atomic mass is 35.5. The van der Waals surface area contributed by atoms with Crippen molar-refractivity contribution in [3.8, 4) is 5.75 Å². The van der Waals surface area contributed by atoms with Crippen LogP contribution in [0.25, 0.3) is 0 Å². The topological polar surface area (TPSA) is 96.5 Å². The molecule has 0 heterocycles. The molecule has 1 aliphatic rings. The fourth-order valence-corrected chi connectivity index (χ4v) is 3.56. The van der Waals surface area contributed by atoms with E-state index in [4.69, 9.17) is 4.74 Å². The summed E-state index contributed by atoms with van der Waals surface area (Å²) in [5.74, 6) is -0.0872. The second kappa shape index (κ2) is 9.22. The van der Waals surface area contributed by atoms with Gasteiger partial charge < -0.3 is 15.4 Å². The molecule has 24 heavy (non-hydrogen) atoms. The molecule has 0 unspecified atom stereocenters. The minimum atomic E-state index is -3.69. The second-order valence-electron chi connectivity index (χ2n) is 5.37. The van der Waals surface area contributed by atoms with Crippen molar-refractivity contribution in [1.82, 2.24) is 15.4 Å². The van der Waals surface area contributed by atoms with Gasteiger partial charge in [0.05, 0.1) is 7.11 Å². The number of hydrogen-bond donors (Lipinski definition) is 3. The maximum Gasteiger partial charge on any atom is 0.251 e. The summed E-state index contributed by atoms with van der Waals surface area (Å²) in [4.78, 5) is 12.1. The van der Waals surface area contributed by atoms with Crippen molar-refractivity contribution >= 4 is 28.3 Å². The lowest BCUT2D eigenvalue weighted by molar-refractivity contribution is 0.0953. The molecule has 136 valence electrons. The zero-order chi connectivity index (χ0) is 16.9. The molecular formula is C15H24ClN3O4S. The van der Waals surface area contributed by atoms with Gasteiger partial charge in [-0.2, -0.15) is 0 Å². The molecule has 1 aromatic rings. The first-order valence-corrected chi connectivity index (χ1v) is 9.15. The maximum absolute atomic E-state index is 12.4. The van der Waals surface area contributed by atoms with E-state index in [0.717, 1.165) is 19.4 Å². The van der Waals surface area contributed by atoms with E-state index in [9.17, 15) is 13.2 Å². The van der Waals surface area contributed by atoms with Crippen LogP contribution in [0.5, 0.6) is 5.75 Å². The van der Waals surface area contributed by atoms with Crippen molar-refractivity contribution in [3.05, 3.63) is 23.8 Å². The van der Waals surface area contributed by atoms with E-state index in [1.54, 1.807) is 6.07 Å². The summed E-state index contributed by atoms with van der Waals surface area (Å²) in [5, 5.41) is 5.84. The summed E-state index contributed by atoms with van der Waals surface area (Å²) in [5.41, 5.74) is 0.290. The molecule has 1 amide bonds. The van der Waals surface area contributed by atoms with Crippen LogP contribution in [-0.4, -0.2) is 47.1 Å². The first kappa shape index (κ1) is 20.7. The highest BCUT2D eigenvalue weighted by Gasteiger charge is 2.30. The number of benzene rings is 1. The van der Waals surface area contributed by atoms with Crippen molar-refractivity contribution in [3.63, 3.8) is 0 Å². The highest BCUT2D eigenvalue weighted by molar-refractivity contribution is 7.89. The summed E-state index contributed by atoms with van der Waals surface area (Å²) < 4.78 is 32.5. The normalized spacial score (nSPS) is 13.9. The average Bonchev–Trinajstić information content (AvgIpc) is 3.34. The third-order valence-electron chi connectivity index (χ3n) is 3.45. The molecule has 0 aliphatic heterocycles. The molecule has 2 rings (SSSR count). The van der Waals surface area contributed by atoms with Gasteiger partial charge in [0, 0.05) is 24.7 Å². The van der Waals surface area contributed by atoms with Crippen molar-refractivity contribution in [1.29, 1.82) is 0 Å². The summed E-state index contributed by atoms with van der Waals surface area (Å²) in [6.07, 6.45) is 1.68. The number of methoxy groups -OCH3 is 1. The third-order valence-corrected chi connectivity index (χ3v) is 4.99. The van der Waals surface area contributed by atoms with E-state index in [2.05, 4.69) is 15.4 Å². The van der Waals surface area contributed by atoms with E-state index in [-0.39, 0.29) is 35.0 Å². The smallest absolute Gasteiger partial charge is 0.251 e. The van der Waals surface area contributed by atoms with Crippen LogP contribution >= 0.6 is 12.4 Å². The number of carbonyl (C=O) groups is 1. The molecule has 0 spiro atoms. The quantitative estimate of drug-likeness (QED) is 0.555. The van der Waals surface area contributed by atoms with Crippen LogP contribution in [0.4, 0.5) is 0 Å². The van der Waals surface area contributed by atoms with Crippen LogP contribution in [0.15, 0.2) is 23.1 Å². The van der Waals surface area contributed by atoms with Crippen LogP contribution in [-0.2, 0) is 10.0 Å². The standard InChI is InChI=1S/C15H23N3O4S.ClH/c1-3-16-8-9-17-15(19)11-4-7-13(22-2)14(10-11)23(20,21)18-12-5-6-12;/h4,7,10,12,16,18H,3,5-6,8-9H2,1-2H3,(H,17,19);1H. The number of rotatable bonds is 9. The van der Waals surface area contributed by atoms with Gasteiger partial charge in [0.15, 0.2) is 0 Å². The third kappa shape index (κ3) is 5.62. The predicted molar refractivity (Wildman–Crippen MR) is 94.5 cm³/mol. The van der Waals surface area contributed by atoms with Gasteiger partial charge in [-0.05, 0) is 37.6 Å². The molecule has 0 bridgehead atoms. The summed E-state index contributed by atoms with van der Waals surface area (Å²) >= 11 is 0. The molecule has 0 atom stereocenters. The van der Waals surface area contributed by atoms with Crippen LogP contribution in [0.3, 0.4) is 0 Å². The fourth-order valence-electron chi connectivity index (χ4n) is 2.06.